The number of rotatable bonds is 6. The molecular weight excluding hydrogens is 291 g/mol. The molecule has 0 fully saturated rings. The van der Waals surface area contributed by atoms with Crippen LogP contribution in [-0.4, -0.2) is 17.7 Å². The Hall–Kier alpha value is -1.76. The quantitative estimate of drug-likeness (QED) is 0.568. The number of hydroxylamine groups is 1. The fraction of sp³-hybridized carbons (Fsp3) is 0.267. The van der Waals surface area contributed by atoms with Crippen molar-refractivity contribution in [3.8, 4) is 0 Å². The molecule has 1 amide bonds. The zero-order valence-corrected chi connectivity index (χ0v) is 12.4. The van der Waals surface area contributed by atoms with E-state index in [-0.39, 0.29) is 11.9 Å². The van der Waals surface area contributed by atoms with Crippen molar-refractivity contribution in [3.05, 3.63) is 57.5 Å². The molecule has 21 heavy (non-hydrogen) atoms. The molecule has 2 aromatic rings. The van der Waals surface area contributed by atoms with Gasteiger partial charge in [0.2, 0.25) is 0 Å². The van der Waals surface area contributed by atoms with Gasteiger partial charge in [0, 0.05) is 10.9 Å². The summed E-state index contributed by atoms with van der Waals surface area (Å²) in [5.41, 5.74) is 2.30. The van der Waals surface area contributed by atoms with Crippen LogP contribution in [0.5, 0.6) is 0 Å². The molecule has 0 radical (unpaired) electrons. The molecule has 2 rings (SSSR count). The number of benzene rings is 1. The lowest BCUT2D eigenvalue weighted by atomic mass is 10.1. The smallest absolute Gasteiger partial charge is 0.284 e. The van der Waals surface area contributed by atoms with Gasteiger partial charge in [-0.3, -0.25) is 10.0 Å². The van der Waals surface area contributed by atoms with Gasteiger partial charge in [-0.05, 0) is 43.7 Å². The molecule has 1 heterocycles. The highest BCUT2D eigenvalue weighted by Gasteiger charge is 2.12. The second-order valence-electron chi connectivity index (χ2n) is 4.66. The number of carbonyl (C=O) groups excluding carboxylic acids is 1. The first-order chi connectivity index (χ1) is 10.1. The minimum atomic E-state index is -0.509. The summed E-state index contributed by atoms with van der Waals surface area (Å²) in [6.07, 6.45) is 0.604. The van der Waals surface area contributed by atoms with Crippen LogP contribution in [-0.2, 0) is 6.42 Å². The summed E-state index contributed by atoms with van der Waals surface area (Å²) >= 11 is 1.31. The molecule has 1 aromatic carbocycles. The molecular formula is C15H17FN2O2S. The largest absolute Gasteiger partial charge is 0.309 e. The number of amides is 1. The lowest BCUT2D eigenvalue weighted by molar-refractivity contribution is 0.0711. The van der Waals surface area contributed by atoms with E-state index in [9.17, 15) is 9.18 Å². The first-order valence-corrected chi connectivity index (χ1v) is 7.44. The van der Waals surface area contributed by atoms with E-state index in [1.54, 1.807) is 23.7 Å². The van der Waals surface area contributed by atoms with E-state index in [4.69, 9.17) is 5.21 Å². The highest BCUT2D eigenvalue weighted by molar-refractivity contribution is 7.14. The van der Waals surface area contributed by atoms with Crippen LogP contribution < -0.4 is 10.8 Å². The van der Waals surface area contributed by atoms with E-state index in [0.717, 1.165) is 4.88 Å². The van der Waals surface area contributed by atoms with Crippen molar-refractivity contribution in [1.82, 2.24) is 10.8 Å². The monoisotopic (exact) mass is 308 g/mol. The third kappa shape index (κ3) is 4.10. The Morgan fingerprint density at radius 3 is 2.81 bits per heavy atom. The van der Waals surface area contributed by atoms with Crippen LogP contribution >= 0.6 is 11.3 Å². The van der Waals surface area contributed by atoms with Crippen molar-refractivity contribution in [1.29, 1.82) is 0 Å². The Morgan fingerprint density at radius 1 is 1.33 bits per heavy atom. The van der Waals surface area contributed by atoms with Gasteiger partial charge in [0.15, 0.2) is 0 Å². The molecule has 4 nitrogen and oxygen atoms in total. The average Bonchev–Trinajstić information content (AvgIpc) is 2.98. The molecule has 1 atom stereocenters. The molecule has 0 aliphatic carbocycles. The Bertz CT molecular complexity index is 615. The summed E-state index contributed by atoms with van der Waals surface area (Å²) in [6.45, 7) is 2.62. The Labute approximate surface area is 126 Å². The molecule has 6 heteroatoms. The molecule has 0 saturated heterocycles. The van der Waals surface area contributed by atoms with E-state index in [0.29, 0.717) is 23.4 Å². The maximum absolute atomic E-state index is 13.5. The molecule has 0 aliphatic rings. The minimum Gasteiger partial charge on any atom is -0.309 e. The van der Waals surface area contributed by atoms with Crippen LogP contribution in [0, 0.1) is 5.82 Å². The summed E-state index contributed by atoms with van der Waals surface area (Å²) in [5.74, 6) is -0.699. The van der Waals surface area contributed by atoms with Crippen molar-refractivity contribution in [2.45, 2.75) is 19.4 Å². The molecule has 1 unspecified atom stereocenters. The molecule has 0 bridgehead atoms. The second kappa shape index (κ2) is 7.31. The average molecular weight is 308 g/mol. The van der Waals surface area contributed by atoms with Gasteiger partial charge in [-0.15, -0.1) is 11.3 Å². The van der Waals surface area contributed by atoms with Gasteiger partial charge in [-0.25, -0.2) is 9.87 Å². The summed E-state index contributed by atoms with van der Waals surface area (Å²) < 4.78 is 13.5. The van der Waals surface area contributed by atoms with Crippen LogP contribution in [0.4, 0.5) is 4.39 Å². The number of hydrogen-bond donors (Lipinski definition) is 3. The Kier molecular flexibility index (Phi) is 5.44. The highest BCUT2D eigenvalue weighted by Crippen LogP contribution is 2.23. The van der Waals surface area contributed by atoms with Gasteiger partial charge in [-0.1, -0.05) is 18.2 Å². The summed E-state index contributed by atoms with van der Waals surface area (Å²) in [7, 11) is 0. The van der Waals surface area contributed by atoms with Crippen LogP contribution in [0.2, 0.25) is 0 Å². The van der Waals surface area contributed by atoms with E-state index < -0.39 is 5.91 Å². The second-order valence-corrected chi connectivity index (χ2v) is 5.78. The third-order valence-electron chi connectivity index (χ3n) is 3.18. The fourth-order valence-electron chi connectivity index (χ4n) is 1.99. The first kappa shape index (κ1) is 15.6. The van der Waals surface area contributed by atoms with Crippen LogP contribution in [0.25, 0.3) is 0 Å². The first-order valence-electron chi connectivity index (χ1n) is 6.62. The van der Waals surface area contributed by atoms with Gasteiger partial charge in [-0.2, -0.15) is 0 Å². The Balaban J connectivity index is 1.87. The van der Waals surface area contributed by atoms with Crippen molar-refractivity contribution < 1.29 is 14.4 Å². The molecule has 0 aliphatic heterocycles. The lowest BCUT2D eigenvalue weighted by Gasteiger charge is -2.12. The highest BCUT2D eigenvalue weighted by atomic mass is 32.1. The van der Waals surface area contributed by atoms with E-state index in [1.165, 1.54) is 17.4 Å². The number of hydrogen-bond acceptors (Lipinski definition) is 4. The number of halogens is 1. The van der Waals surface area contributed by atoms with Crippen LogP contribution in [0.15, 0.2) is 36.4 Å². The van der Waals surface area contributed by atoms with Crippen LogP contribution in [0.1, 0.15) is 33.1 Å². The molecule has 112 valence electrons. The Morgan fingerprint density at radius 2 is 2.10 bits per heavy atom. The van der Waals surface area contributed by atoms with Gasteiger partial charge in [0.05, 0.1) is 4.88 Å². The lowest BCUT2D eigenvalue weighted by Crippen LogP contribution is -2.21. The maximum Gasteiger partial charge on any atom is 0.284 e. The van der Waals surface area contributed by atoms with Crippen molar-refractivity contribution >= 4 is 17.2 Å². The van der Waals surface area contributed by atoms with E-state index >= 15 is 0 Å². The maximum atomic E-state index is 13.5. The van der Waals surface area contributed by atoms with Gasteiger partial charge < -0.3 is 5.32 Å². The summed E-state index contributed by atoms with van der Waals surface area (Å²) in [4.78, 5) is 12.7. The summed E-state index contributed by atoms with van der Waals surface area (Å²) in [5, 5.41) is 11.9. The van der Waals surface area contributed by atoms with Gasteiger partial charge >= 0.3 is 0 Å². The van der Waals surface area contributed by atoms with Gasteiger partial charge in [0.25, 0.3) is 5.91 Å². The third-order valence-corrected chi connectivity index (χ3v) is 4.45. The van der Waals surface area contributed by atoms with Crippen molar-refractivity contribution in [2.24, 2.45) is 0 Å². The zero-order valence-electron chi connectivity index (χ0n) is 11.6. The fourth-order valence-corrected chi connectivity index (χ4v) is 2.91. The van der Waals surface area contributed by atoms with E-state index in [2.05, 4.69) is 5.32 Å². The standard InChI is InChI=1S/C15H17FN2O2S/c1-10(13-6-7-14(21-13)15(19)18-20)17-9-8-11-4-2-3-5-12(11)16/h2-7,10,17,20H,8-9H2,1H3,(H,18,19). The van der Waals surface area contributed by atoms with Crippen molar-refractivity contribution in [2.75, 3.05) is 6.54 Å². The number of nitrogens with one attached hydrogen (secondary N) is 2. The van der Waals surface area contributed by atoms with Gasteiger partial charge in [0.1, 0.15) is 5.82 Å². The minimum absolute atomic E-state index is 0.0574. The van der Waals surface area contributed by atoms with Crippen molar-refractivity contribution in [3.63, 3.8) is 0 Å². The summed E-state index contributed by atoms with van der Waals surface area (Å²) in [6, 6.07) is 10.3. The van der Waals surface area contributed by atoms with E-state index in [1.807, 2.05) is 19.1 Å². The SMILES string of the molecule is CC(NCCc1ccccc1F)c1ccc(C(=O)NO)s1. The molecule has 3 N–H and O–H groups in total. The normalized spacial score (nSPS) is 12.1. The topological polar surface area (TPSA) is 61.4 Å². The molecule has 0 saturated carbocycles. The predicted octanol–water partition coefficient (Wildman–Crippen LogP) is 2.90. The van der Waals surface area contributed by atoms with Crippen LogP contribution in [0.3, 0.4) is 0 Å². The molecule has 0 spiro atoms. The number of carbonyl (C=O) groups is 1. The number of thiophene rings is 1. The molecule has 1 aromatic heterocycles. The predicted molar refractivity (Wildman–Crippen MR) is 80.1 cm³/mol. The zero-order chi connectivity index (χ0) is 15.2.